The summed E-state index contributed by atoms with van der Waals surface area (Å²) in [5.41, 5.74) is 1.82. The molecular weight excluding hydrogens is 364 g/mol. The molecule has 0 radical (unpaired) electrons. The summed E-state index contributed by atoms with van der Waals surface area (Å²) in [6.45, 7) is 3.67. The van der Waals surface area contributed by atoms with Crippen LogP contribution >= 0.6 is 0 Å². The van der Waals surface area contributed by atoms with Crippen LogP contribution in [0.1, 0.15) is 36.9 Å². The SMILES string of the molecule is Cc1ccc(S(=O)(=O)N2C(=O)CC[C@@H]2C(=O)N[C@@H](C)c2ccccc2)cc1. The van der Waals surface area contributed by atoms with Crippen molar-refractivity contribution in [3.8, 4) is 0 Å². The molecule has 6 nitrogen and oxygen atoms in total. The molecule has 1 N–H and O–H groups in total. The molecule has 0 aliphatic carbocycles. The number of nitrogens with zero attached hydrogens (tertiary/aromatic N) is 1. The van der Waals surface area contributed by atoms with Gasteiger partial charge in [-0.05, 0) is 38.0 Å². The summed E-state index contributed by atoms with van der Waals surface area (Å²) in [6, 6.07) is 14.3. The van der Waals surface area contributed by atoms with E-state index in [1.807, 2.05) is 44.2 Å². The third kappa shape index (κ3) is 3.88. The Morgan fingerprint density at radius 1 is 1.11 bits per heavy atom. The second-order valence-electron chi connectivity index (χ2n) is 6.70. The topological polar surface area (TPSA) is 83.6 Å². The number of rotatable bonds is 5. The molecule has 1 saturated heterocycles. The van der Waals surface area contributed by atoms with Gasteiger partial charge >= 0.3 is 0 Å². The summed E-state index contributed by atoms with van der Waals surface area (Å²) in [5.74, 6) is -1.02. The first-order valence-electron chi connectivity index (χ1n) is 8.80. The van der Waals surface area contributed by atoms with E-state index in [0.29, 0.717) is 0 Å². The molecule has 1 fully saturated rings. The highest BCUT2D eigenvalue weighted by atomic mass is 32.2. The van der Waals surface area contributed by atoms with E-state index in [-0.39, 0.29) is 23.8 Å². The fourth-order valence-electron chi connectivity index (χ4n) is 3.16. The molecule has 1 heterocycles. The minimum Gasteiger partial charge on any atom is -0.348 e. The van der Waals surface area contributed by atoms with E-state index in [2.05, 4.69) is 5.32 Å². The van der Waals surface area contributed by atoms with Crippen molar-refractivity contribution >= 4 is 21.8 Å². The molecule has 2 aromatic rings. The van der Waals surface area contributed by atoms with E-state index in [4.69, 9.17) is 0 Å². The highest BCUT2D eigenvalue weighted by Gasteiger charge is 2.44. The van der Waals surface area contributed by atoms with Gasteiger partial charge in [-0.15, -0.1) is 0 Å². The Labute approximate surface area is 159 Å². The Morgan fingerprint density at radius 2 is 1.74 bits per heavy atom. The van der Waals surface area contributed by atoms with Crippen molar-refractivity contribution in [2.75, 3.05) is 0 Å². The first-order valence-corrected chi connectivity index (χ1v) is 10.2. The number of carbonyl (C=O) groups is 2. The lowest BCUT2D eigenvalue weighted by molar-refractivity contribution is -0.131. The molecular formula is C20H22N2O4S. The van der Waals surface area contributed by atoms with E-state index in [0.717, 1.165) is 15.4 Å². The molecule has 0 unspecified atom stereocenters. The average Bonchev–Trinajstić information content (AvgIpc) is 3.05. The molecule has 2 aromatic carbocycles. The Morgan fingerprint density at radius 3 is 2.37 bits per heavy atom. The van der Waals surface area contributed by atoms with Crippen LogP contribution in [0, 0.1) is 6.92 Å². The van der Waals surface area contributed by atoms with Gasteiger partial charge in [-0.1, -0.05) is 48.0 Å². The van der Waals surface area contributed by atoms with Crippen LogP contribution in [-0.4, -0.2) is 30.6 Å². The zero-order chi connectivity index (χ0) is 19.6. The van der Waals surface area contributed by atoms with Crippen molar-refractivity contribution in [2.24, 2.45) is 0 Å². The predicted octanol–water partition coefficient (Wildman–Crippen LogP) is 2.55. The van der Waals surface area contributed by atoms with Gasteiger partial charge in [-0.2, -0.15) is 0 Å². The molecule has 0 spiro atoms. The highest BCUT2D eigenvalue weighted by molar-refractivity contribution is 7.89. The van der Waals surface area contributed by atoms with Gasteiger partial charge in [0.1, 0.15) is 6.04 Å². The molecule has 1 aliphatic rings. The lowest BCUT2D eigenvalue weighted by atomic mass is 10.1. The summed E-state index contributed by atoms with van der Waals surface area (Å²) in [4.78, 5) is 25.1. The summed E-state index contributed by atoms with van der Waals surface area (Å²) < 4.78 is 26.6. The van der Waals surface area contributed by atoms with Crippen LogP contribution in [0.4, 0.5) is 0 Å². The Hall–Kier alpha value is -2.67. The van der Waals surface area contributed by atoms with Gasteiger partial charge < -0.3 is 5.32 Å². The van der Waals surface area contributed by atoms with E-state index < -0.39 is 27.9 Å². The summed E-state index contributed by atoms with van der Waals surface area (Å²) in [5, 5.41) is 2.82. The van der Waals surface area contributed by atoms with Gasteiger partial charge in [-0.3, -0.25) is 9.59 Å². The maximum absolute atomic E-state index is 13.0. The second kappa shape index (κ2) is 7.52. The standard InChI is InChI=1S/C20H22N2O4S/c1-14-8-10-17(11-9-14)27(25,26)22-18(12-13-19(22)23)20(24)21-15(2)16-6-4-3-5-7-16/h3-11,15,18H,12-13H2,1-2H3,(H,21,24)/t15-,18+/m0/s1. The van der Waals surface area contributed by atoms with Crippen molar-refractivity contribution < 1.29 is 18.0 Å². The number of hydrogen-bond donors (Lipinski definition) is 1. The van der Waals surface area contributed by atoms with Gasteiger partial charge in [0, 0.05) is 6.42 Å². The number of sulfonamides is 1. The van der Waals surface area contributed by atoms with Crippen LogP contribution < -0.4 is 5.32 Å². The molecule has 3 rings (SSSR count). The Kier molecular flexibility index (Phi) is 5.32. The third-order valence-electron chi connectivity index (χ3n) is 4.70. The monoisotopic (exact) mass is 386 g/mol. The minimum atomic E-state index is -4.08. The van der Waals surface area contributed by atoms with Gasteiger partial charge in [-0.25, -0.2) is 12.7 Å². The van der Waals surface area contributed by atoms with Crippen molar-refractivity contribution in [2.45, 2.75) is 43.7 Å². The maximum Gasteiger partial charge on any atom is 0.267 e. The minimum absolute atomic E-state index is 0.0113. The quantitative estimate of drug-likeness (QED) is 0.856. The third-order valence-corrected chi connectivity index (χ3v) is 6.54. The number of aryl methyl sites for hydroxylation is 1. The van der Waals surface area contributed by atoms with Crippen LogP contribution in [0.3, 0.4) is 0 Å². The fourth-order valence-corrected chi connectivity index (χ4v) is 4.76. The first-order chi connectivity index (χ1) is 12.8. The molecule has 142 valence electrons. The number of nitrogens with one attached hydrogen (secondary N) is 1. The van der Waals surface area contributed by atoms with E-state index in [1.165, 1.54) is 12.1 Å². The van der Waals surface area contributed by atoms with Crippen molar-refractivity contribution in [1.29, 1.82) is 0 Å². The van der Waals surface area contributed by atoms with Crippen molar-refractivity contribution in [1.82, 2.24) is 9.62 Å². The zero-order valence-corrected chi connectivity index (χ0v) is 16.1. The maximum atomic E-state index is 13.0. The zero-order valence-electron chi connectivity index (χ0n) is 15.3. The van der Waals surface area contributed by atoms with Gasteiger partial charge in [0.05, 0.1) is 10.9 Å². The van der Waals surface area contributed by atoms with E-state index in [1.54, 1.807) is 12.1 Å². The molecule has 0 bridgehead atoms. The molecule has 1 aliphatic heterocycles. The van der Waals surface area contributed by atoms with Crippen LogP contribution in [0.2, 0.25) is 0 Å². The average molecular weight is 386 g/mol. The fraction of sp³-hybridized carbons (Fsp3) is 0.300. The molecule has 2 amide bonds. The van der Waals surface area contributed by atoms with Crippen molar-refractivity contribution in [3.63, 3.8) is 0 Å². The molecule has 0 aromatic heterocycles. The predicted molar refractivity (Wildman–Crippen MR) is 101 cm³/mol. The molecule has 27 heavy (non-hydrogen) atoms. The van der Waals surface area contributed by atoms with Crippen LogP contribution in [0.5, 0.6) is 0 Å². The Bertz CT molecular complexity index is 940. The largest absolute Gasteiger partial charge is 0.348 e. The molecule has 0 saturated carbocycles. The number of amides is 2. The smallest absolute Gasteiger partial charge is 0.267 e. The lowest BCUT2D eigenvalue weighted by Gasteiger charge is -2.25. The van der Waals surface area contributed by atoms with Crippen LogP contribution in [0.15, 0.2) is 59.5 Å². The second-order valence-corrected chi connectivity index (χ2v) is 8.52. The van der Waals surface area contributed by atoms with Crippen LogP contribution in [-0.2, 0) is 19.6 Å². The van der Waals surface area contributed by atoms with Gasteiger partial charge in [0.2, 0.25) is 11.8 Å². The molecule has 7 heteroatoms. The van der Waals surface area contributed by atoms with E-state index in [9.17, 15) is 18.0 Å². The lowest BCUT2D eigenvalue weighted by Crippen LogP contribution is -2.47. The summed E-state index contributed by atoms with van der Waals surface area (Å²) in [6.07, 6.45) is 0.208. The number of benzene rings is 2. The van der Waals surface area contributed by atoms with Crippen molar-refractivity contribution in [3.05, 3.63) is 65.7 Å². The van der Waals surface area contributed by atoms with Crippen LogP contribution in [0.25, 0.3) is 0 Å². The highest BCUT2D eigenvalue weighted by Crippen LogP contribution is 2.28. The first kappa shape index (κ1) is 19.1. The summed E-state index contributed by atoms with van der Waals surface area (Å²) in [7, 11) is -4.08. The number of hydrogen-bond acceptors (Lipinski definition) is 4. The van der Waals surface area contributed by atoms with E-state index >= 15 is 0 Å². The number of carbonyl (C=O) groups excluding carboxylic acids is 2. The van der Waals surface area contributed by atoms with Gasteiger partial charge in [0.25, 0.3) is 10.0 Å². The van der Waals surface area contributed by atoms with Gasteiger partial charge in [0.15, 0.2) is 0 Å². The molecule has 2 atom stereocenters. The Balaban J connectivity index is 1.83. The normalized spacial score (nSPS) is 18.4. The summed E-state index contributed by atoms with van der Waals surface area (Å²) >= 11 is 0.